The van der Waals surface area contributed by atoms with Gasteiger partial charge in [0.25, 0.3) is 0 Å². The van der Waals surface area contributed by atoms with Crippen LogP contribution in [0.3, 0.4) is 0 Å². The fourth-order valence-corrected chi connectivity index (χ4v) is 2.03. The zero-order valence-electron chi connectivity index (χ0n) is 11.3. The summed E-state index contributed by atoms with van der Waals surface area (Å²) >= 11 is 0. The van der Waals surface area contributed by atoms with Gasteiger partial charge in [-0.3, -0.25) is 4.79 Å². The van der Waals surface area contributed by atoms with Gasteiger partial charge >= 0.3 is 0 Å². The van der Waals surface area contributed by atoms with Crippen molar-refractivity contribution >= 4 is 5.91 Å². The Morgan fingerprint density at radius 2 is 2.00 bits per heavy atom. The molecule has 1 fully saturated rings. The fraction of sp³-hybridized carbons (Fsp3) is 0.917. The molecular weight excluding hydrogens is 254 g/mol. The van der Waals surface area contributed by atoms with Crippen LogP contribution < -0.4 is 5.32 Å². The highest BCUT2D eigenvalue weighted by Crippen LogP contribution is 2.22. The van der Waals surface area contributed by atoms with Gasteiger partial charge in [-0.1, -0.05) is 6.92 Å². The standard InChI is InChI=1S/C12H23NO6/c1-3-5-8(15)13-9-11(17)10(16)7(6-14)19-12(9)18-4-2/h7,9-12,14,16-17H,3-6H2,1-2H3,(H,13,15)/t7-,9-,10-,11-,12?/m1/s1. The van der Waals surface area contributed by atoms with E-state index in [2.05, 4.69) is 5.32 Å². The highest BCUT2D eigenvalue weighted by molar-refractivity contribution is 5.76. The molecule has 19 heavy (non-hydrogen) atoms. The van der Waals surface area contributed by atoms with Crippen molar-refractivity contribution in [2.24, 2.45) is 0 Å². The van der Waals surface area contributed by atoms with Crippen LogP contribution in [0.2, 0.25) is 0 Å². The van der Waals surface area contributed by atoms with E-state index in [-0.39, 0.29) is 5.91 Å². The van der Waals surface area contributed by atoms with Crippen LogP contribution in [0, 0.1) is 0 Å². The van der Waals surface area contributed by atoms with Gasteiger partial charge in [0.2, 0.25) is 5.91 Å². The summed E-state index contributed by atoms with van der Waals surface area (Å²) in [5, 5.41) is 31.5. The molecule has 1 heterocycles. The second kappa shape index (κ2) is 7.76. The Balaban J connectivity index is 2.75. The monoisotopic (exact) mass is 277 g/mol. The van der Waals surface area contributed by atoms with Crippen LogP contribution in [0.5, 0.6) is 0 Å². The molecule has 0 spiro atoms. The third kappa shape index (κ3) is 4.12. The van der Waals surface area contributed by atoms with Gasteiger partial charge in [-0.05, 0) is 13.3 Å². The molecule has 0 saturated carbocycles. The van der Waals surface area contributed by atoms with Crippen LogP contribution in [0.1, 0.15) is 26.7 Å². The Bertz CT molecular complexity index is 287. The van der Waals surface area contributed by atoms with Crippen LogP contribution in [-0.2, 0) is 14.3 Å². The van der Waals surface area contributed by atoms with E-state index in [1.807, 2.05) is 6.92 Å². The van der Waals surface area contributed by atoms with Crippen molar-refractivity contribution in [1.82, 2.24) is 5.32 Å². The fourth-order valence-electron chi connectivity index (χ4n) is 2.03. The molecule has 4 N–H and O–H groups in total. The van der Waals surface area contributed by atoms with Crippen molar-refractivity contribution < 1.29 is 29.6 Å². The van der Waals surface area contributed by atoms with Gasteiger partial charge in [-0.2, -0.15) is 0 Å². The van der Waals surface area contributed by atoms with Crippen molar-refractivity contribution in [3.8, 4) is 0 Å². The number of amides is 1. The number of rotatable bonds is 6. The van der Waals surface area contributed by atoms with Crippen LogP contribution in [-0.4, -0.2) is 65.1 Å². The van der Waals surface area contributed by atoms with E-state index < -0.39 is 37.3 Å². The largest absolute Gasteiger partial charge is 0.394 e. The Hall–Kier alpha value is -0.730. The number of carbonyl (C=O) groups excluding carboxylic acids is 1. The minimum Gasteiger partial charge on any atom is -0.394 e. The summed E-state index contributed by atoms with van der Waals surface area (Å²) < 4.78 is 10.7. The highest BCUT2D eigenvalue weighted by atomic mass is 16.7. The molecular formula is C12H23NO6. The zero-order chi connectivity index (χ0) is 14.4. The molecule has 112 valence electrons. The number of carbonyl (C=O) groups is 1. The predicted molar refractivity (Wildman–Crippen MR) is 66.2 cm³/mol. The number of hydrogen-bond acceptors (Lipinski definition) is 6. The molecule has 7 heteroatoms. The van der Waals surface area contributed by atoms with Crippen LogP contribution in [0.15, 0.2) is 0 Å². The van der Waals surface area contributed by atoms with Gasteiger partial charge < -0.3 is 30.1 Å². The first-order chi connectivity index (χ1) is 9.04. The normalized spacial score (nSPS) is 35.1. The van der Waals surface area contributed by atoms with Gasteiger partial charge in [0, 0.05) is 13.0 Å². The number of aliphatic hydroxyl groups is 3. The minimum atomic E-state index is -1.27. The number of hydrogen-bond donors (Lipinski definition) is 4. The number of nitrogens with one attached hydrogen (secondary N) is 1. The molecule has 0 radical (unpaired) electrons. The smallest absolute Gasteiger partial charge is 0.220 e. The second-order valence-corrected chi connectivity index (χ2v) is 4.51. The molecule has 0 aromatic carbocycles. The maximum absolute atomic E-state index is 11.6. The van der Waals surface area contributed by atoms with Gasteiger partial charge in [-0.15, -0.1) is 0 Å². The summed E-state index contributed by atoms with van der Waals surface area (Å²) in [4.78, 5) is 11.6. The van der Waals surface area contributed by atoms with Gasteiger partial charge in [0.1, 0.15) is 24.4 Å². The second-order valence-electron chi connectivity index (χ2n) is 4.51. The zero-order valence-corrected chi connectivity index (χ0v) is 11.3. The maximum atomic E-state index is 11.6. The van der Waals surface area contributed by atoms with Crippen LogP contribution in [0.25, 0.3) is 0 Å². The first-order valence-electron chi connectivity index (χ1n) is 6.58. The Morgan fingerprint density at radius 3 is 2.53 bits per heavy atom. The molecule has 1 amide bonds. The van der Waals surface area contributed by atoms with Crippen molar-refractivity contribution in [2.75, 3.05) is 13.2 Å². The van der Waals surface area contributed by atoms with E-state index in [4.69, 9.17) is 14.6 Å². The Morgan fingerprint density at radius 1 is 1.32 bits per heavy atom. The van der Waals surface area contributed by atoms with Crippen molar-refractivity contribution in [3.63, 3.8) is 0 Å². The molecule has 0 aliphatic carbocycles. The average molecular weight is 277 g/mol. The van der Waals surface area contributed by atoms with E-state index in [1.54, 1.807) is 6.92 Å². The topological polar surface area (TPSA) is 108 Å². The lowest BCUT2D eigenvalue weighted by Gasteiger charge is -2.42. The van der Waals surface area contributed by atoms with Crippen molar-refractivity contribution in [1.29, 1.82) is 0 Å². The van der Waals surface area contributed by atoms with E-state index >= 15 is 0 Å². The summed E-state index contributed by atoms with van der Waals surface area (Å²) in [6.07, 6.45) is -3.33. The quantitative estimate of drug-likeness (QED) is 0.483. The Kier molecular flexibility index (Phi) is 6.67. The number of aliphatic hydroxyl groups excluding tert-OH is 3. The summed E-state index contributed by atoms with van der Waals surface area (Å²) in [6.45, 7) is 3.51. The molecule has 1 rings (SSSR count). The van der Waals surface area contributed by atoms with Gasteiger partial charge in [0.15, 0.2) is 6.29 Å². The Labute approximate surface area is 112 Å². The minimum absolute atomic E-state index is 0.241. The molecule has 1 aliphatic rings. The van der Waals surface area contributed by atoms with E-state index in [9.17, 15) is 15.0 Å². The van der Waals surface area contributed by atoms with E-state index in [0.29, 0.717) is 19.4 Å². The molecule has 5 atom stereocenters. The molecule has 1 unspecified atom stereocenters. The molecule has 1 aliphatic heterocycles. The lowest BCUT2D eigenvalue weighted by molar-refractivity contribution is -0.269. The third-order valence-electron chi connectivity index (χ3n) is 3.02. The molecule has 0 aromatic heterocycles. The number of ether oxygens (including phenoxy) is 2. The summed E-state index contributed by atoms with van der Waals surface area (Å²) in [5.41, 5.74) is 0. The summed E-state index contributed by atoms with van der Waals surface area (Å²) in [6, 6.07) is -0.850. The van der Waals surface area contributed by atoms with Gasteiger partial charge in [-0.25, -0.2) is 0 Å². The lowest BCUT2D eigenvalue weighted by Crippen LogP contribution is -2.64. The van der Waals surface area contributed by atoms with Crippen LogP contribution in [0.4, 0.5) is 0 Å². The van der Waals surface area contributed by atoms with Crippen molar-refractivity contribution in [3.05, 3.63) is 0 Å². The van der Waals surface area contributed by atoms with Crippen LogP contribution >= 0.6 is 0 Å². The molecule has 1 saturated heterocycles. The first-order valence-corrected chi connectivity index (χ1v) is 6.58. The van der Waals surface area contributed by atoms with E-state index in [1.165, 1.54) is 0 Å². The third-order valence-corrected chi connectivity index (χ3v) is 3.02. The summed E-state index contributed by atoms with van der Waals surface area (Å²) in [7, 11) is 0. The van der Waals surface area contributed by atoms with E-state index in [0.717, 1.165) is 0 Å². The maximum Gasteiger partial charge on any atom is 0.220 e. The molecule has 7 nitrogen and oxygen atoms in total. The summed E-state index contributed by atoms with van der Waals surface area (Å²) in [5.74, 6) is -0.241. The highest BCUT2D eigenvalue weighted by Gasteiger charge is 2.45. The SMILES string of the molecule is CCCC(=O)N[C@H]1C(OCC)O[C@H](CO)[C@@H](O)[C@@H]1O. The molecule has 0 aromatic rings. The predicted octanol–water partition coefficient (Wildman–Crippen LogP) is -1.25. The molecule has 0 bridgehead atoms. The lowest BCUT2D eigenvalue weighted by atomic mass is 9.97. The first kappa shape index (κ1) is 16.3. The van der Waals surface area contributed by atoms with Gasteiger partial charge in [0.05, 0.1) is 6.61 Å². The van der Waals surface area contributed by atoms with Crippen molar-refractivity contribution in [2.45, 2.75) is 57.3 Å². The average Bonchev–Trinajstić information content (AvgIpc) is 2.38.